The Bertz CT molecular complexity index is 1100. The lowest BCUT2D eigenvalue weighted by atomic mass is 10.1. The number of benzene rings is 1. The highest BCUT2D eigenvalue weighted by atomic mass is 32.1. The van der Waals surface area contributed by atoms with E-state index in [4.69, 9.17) is 14.5 Å². The number of thiazole rings is 1. The van der Waals surface area contributed by atoms with Gasteiger partial charge in [0.1, 0.15) is 0 Å². The number of unbranched alkanes of at least 4 members (excludes halogenated alkanes) is 1. The van der Waals surface area contributed by atoms with Gasteiger partial charge in [0.15, 0.2) is 11.5 Å². The average molecular weight is 484 g/mol. The van der Waals surface area contributed by atoms with E-state index in [2.05, 4.69) is 35.2 Å². The van der Waals surface area contributed by atoms with Gasteiger partial charge in [-0.1, -0.05) is 32.8 Å². The van der Waals surface area contributed by atoms with Gasteiger partial charge >= 0.3 is 0 Å². The minimum Gasteiger partial charge on any atom is -0.493 e. The minimum absolute atomic E-state index is 0.00137. The van der Waals surface area contributed by atoms with Crippen LogP contribution in [0.3, 0.4) is 0 Å². The van der Waals surface area contributed by atoms with Gasteiger partial charge in [-0.05, 0) is 56.9 Å². The Kier molecular flexibility index (Phi) is 9.16. The maximum Gasteiger partial charge on any atom is 0.253 e. The van der Waals surface area contributed by atoms with E-state index in [1.165, 1.54) is 0 Å². The number of hydrogen-bond donors (Lipinski definition) is 1. The monoisotopic (exact) mass is 483 g/mol. The molecule has 0 spiro atoms. The van der Waals surface area contributed by atoms with Gasteiger partial charge in [0.05, 0.1) is 36.2 Å². The molecule has 1 amide bonds. The molecule has 1 N–H and O–H groups in total. The van der Waals surface area contributed by atoms with Crippen molar-refractivity contribution in [3.63, 3.8) is 0 Å². The zero-order valence-electron chi connectivity index (χ0n) is 21.2. The third-order valence-corrected chi connectivity index (χ3v) is 7.07. The summed E-state index contributed by atoms with van der Waals surface area (Å²) in [6.07, 6.45) is 4.98. The van der Waals surface area contributed by atoms with Crippen molar-refractivity contribution >= 4 is 17.2 Å². The molecule has 1 aromatic carbocycles. The zero-order valence-corrected chi connectivity index (χ0v) is 22.1. The fourth-order valence-electron chi connectivity index (χ4n) is 4.23. The molecule has 3 aromatic rings. The molecule has 0 aliphatic rings. The van der Waals surface area contributed by atoms with Crippen LogP contribution in [-0.4, -0.2) is 35.7 Å². The van der Waals surface area contributed by atoms with E-state index in [0.29, 0.717) is 0 Å². The second-order valence-corrected chi connectivity index (χ2v) is 9.65. The lowest BCUT2D eigenvalue weighted by Crippen LogP contribution is -2.34. The van der Waals surface area contributed by atoms with Crippen molar-refractivity contribution in [2.75, 3.05) is 14.2 Å². The average Bonchev–Trinajstić information content (AvgIpc) is 3.42. The van der Waals surface area contributed by atoms with Crippen molar-refractivity contribution < 1.29 is 14.3 Å². The number of aryl methyl sites for hydroxylation is 2. The van der Waals surface area contributed by atoms with Crippen molar-refractivity contribution in [3.05, 3.63) is 51.5 Å². The number of rotatable bonds is 12. The van der Waals surface area contributed by atoms with Crippen LogP contribution >= 0.6 is 11.3 Å². The fraction of sp³-hybridized carbons (Fsp3) is 0.481. The first-order chi connectivity index (χ1) is 16.4. The maximum atomic E-state index is 13.3. The standard InChI is InChI=1S/C27H37N3O3S/c1-7-9-10-21(8-2)29-27(31)22-16-24(23-17-34-19(4)28-23)30(18(22)3)14-13-20-11-12-25(32-5)26(15-20)33-6/h11-12,15-17,21H,7-10,13-14H2,1-6H3,(H,29,31). The summed E-state index contributed by atoms with van der Waals surface area (Å²) in [6.45, 7) is 9.07. The molecule has 0 bridgehead atoms. The van der Waals surface area contributed by atoms with Crippen molar-refractivity contribution in [2.45, 2.75) is 72.4 Å². The number of carbonyl (C=O) groups excluding carboxylic acids is 1. The second kappa shape index (κ2) is 12.1. The summed E-state index contributed by atoms with van der Waals surface area (Å²) in [5.41, 5.74) is 4.72. The molecule has 0 aliphatic heterocycles. The zero-order chi connectivity index (χ0) is 24.7. The van der Waals surface area contributed by atoms with Crippen LogP contribution in [0.5, 0.6) is 11.5 Å². The third-order valence-electron chi connectivity index (χ3n) is 6.30. The molecule has 0 radical (unpaired) electrons. The van der Waals surface area contributed by atoms with Crippen LogP contribution < -0.4 is 14.8 Å². The molecule has 0 saturated carbocycles. The van der Waals surface area contributed by atoms with Gasteiger partial charge in [-0.15, -0.1) is 11.3 Å². The molecule has 0 saturated heterocycles. The van der Waals surface area contributed by atoms with Crippen LogP contribution in [0, 0.1) is 13.8 Å². The van der Waals surface area contributed by atoms with E-state index in [0.717, 1.165) is 83.4 Å². The van der Waals surface area contributed by atoms with Gasteiger partial charge in [-0.25, -0.2) is 4.98 Å². The van der Waals surface area contributed by atoms with E-state index in [1.54, 1.807) is 25.6 Å². The second-order valence-electron chi connectivity index (χ2n) is 8.59. The summed E-state index contributed by atoms with van der Waals surface area (Å²) in [5.74, 6) is 1.44. The Balaban J connectivity index is 1.89. The number of amides is 1. The Hall–Kier alpha value is -2.80. The Morgan fingerprint density at radius 1 is 1.15 bits per heavy atom. The summed E-state index contributed by atoms with van der Waals surface area (Å²) >= 11 is 1.62. The Morgan fingerprint density at radius 3 is 2.53 bits per heavy atom. The van der Waals surface area contributed by atoms with Crippen molar-refractivity contribution in [1.29, 1.82) is 0 Å². The summed E-state index contributed by atoms with van der Waals surface area (Å²) in [5, 5.41) is 6.33. The van der Waals surface area contributed by atoms with Crippen LogP contribution in [-0.2, 0) is 13.0 Å². The van der Waals surface area contributed by atoms with Gasteiger partial charge in [-0.3, -0.25) is 4.79 Å². The number of carbonyl (C=O) groups is 1. The van der Waals surface area contributed by atoms with E-state index in [-0.39, 0.29) is 11.9 Å². The number of aromatic nitrogens is 2. The highest BCUT2D eigenvalue weighted by Gasteiger charge is 2.21. The van der Waals surface area contributed by atoms with E-state index in [9.17, 15) is 4.79 Å². The first-order valence-corrected chi connectivity index (χ1v) is 12.9. The van der Waals surface area contributed by atoms with Crippen molar-refractivity contribution in [1.82, 2.24) is 14.9 Å². The predicted molar refractivity (Wildman–Crippen MR) is 139 cm³/mol. The summed E-state index contributed by atoms with van der Waals surface area (Å²) in [4.78, 5) is 18.0. The van der Waals surface area contributed by atoms with Gasteiger partial charge in [0.25, 0.3) is 5.91 Å². The normalized spacial score (nSPS) is 11.9. The van der Waals surface area contributed by atoms with Gasteiger partial charge in [0.2, 0.25) is 0 Å². The SMILES string of the molecule is CCCCC(CC)NC(=O)c1cc(-c2csc(C)n2)n(CCc2ccc(OC)c(OC)c2)c1C. The first-order valence-electron chi connectivity index (χ1n) is 12.1. The highest BCUT2D eigenvalue weighted by Crippen LogP contribution is 2.30. The number of methoxy groups -OCH3 is 2. The molecule has 7 heteroatoms. The quantitative estimate of drug-likeness (QED) is 0.334. The number of ether oxygens (including phenoxy) is 2. The molecular formula is C27H37N3O3S. The van der Waals surface area contributed by atoms with Crippen molar-refractivity contribution in [2.24, 2.45) is 0 Å². The minimum atomic E-state index is -0.00137. The van der Waals surface area contributed by atoms with E-state index >= 15 is 0 Å². The van der Waals surface area contributed by atoms with Gasteiger partial charge < -0.3 is 19.4 Å². The lowest BCUT2D eigenvalue weighted by molar-refractivity contribution is 0.0932. The first kappa shape index (κ1) is 25.8. The predicted octanol–water partition coefficient (Wildman–Crippen LogP) is 6.19. The molecule has 184 valence electrons. The summed E-state index contributed by atoms with van der Waals surface area (Å²) in [6, 6.07) is 8.20. The molecular weight excluding hydrogens is 446 g/mol. The molecule has 1 atom stereocenters. The number of hydrogen-bond acceptors (Lipinski definition) is 5. The molecule has 1 unspecified atom stereocenters. The maximum absolute atomic E-state index is 13.3. The van der Waals surface area contributed by atoms with Gasteiger partial charge in [0, 0.05) is 23.7 Å². The molecule has 0 fully saturated rings. The topological polar surface area (TPSA) is 65.4 Å². The van der Waals surface area contributed by atoms with Crippen LogP contribution in [0.15, 0.2) is 29.6 Å². The van der Waals surface area contributed by atoms with Crippen LogP contribution in [0.2, 0.25) is 0 Å². The van der Waals surface area contributed by atoms with E-state index < -0.39 is 0 Å². The molecule has 2 aromatic heterocycles. The molecule has 3 rings (SSSR count). The highest BCUT2D eigenvalue weighted by molar-refractivity contribution is 7.09. The smallest absolute Gasteiger partial charge is 0.253 e. The van der Waals surface area contributed by atoms with Crippen molar-refractivity contribution in [3.8, 4) is 22.9 Å². The fourth-order valence-corrected chi connectivity index (χ4v) is 4.83. The van der Waals surface area contributed by atoms with Gasteiger partial charge in [-0.2, -0.15) is 0 Å². The Morgan fingerprint density at radius 2 is 1.91 bits per heavy atom. The van der Waals surface area contributed by atoms with Crippen LogP contribution in [0.25, 0.3) is 11.4 Å². The lowest BCUT2D eigenvalue weighted by Gasteiger charge is -2.17. The molecule has 6 nitrogen and oxygen atoms in total. The summed E-state index contributed by atoms with van der Waals surface area (Å²) < 4.78 is 13.0. The molecule has 0 aliphatic carbocycles. The summed E-state index contributed by atoms with van der Waals surface area (Å²) in [7, 11) is 3.29. The van der Waals surface area contributed by atoms with E-state index in [1.807, 2.05) is 32.0 Å². The number of nitrogens with one attached hydrogen (secondary N) is 1. The largest absolute Gasteiger partial charge is 0.493 e. The molecule has 2 heterocycles. The van der Waals surface area contributed by atoms with Crippen LogP contribution in [0.1, 0.15) is 66.2 Å². The number of nitrogens with zero attached hydrogens (tertiary/aromatic N) is 2. The third kappa shape index (κ3) is 6.00. The van der Waals surface area contributed by atoms with Crippen LogP contribution in [0.4, 0.5) is 0 Å². The molecule has 34 heavy (non-hydrogen) atoms. The Labute approximate surface area is 207 Å².